The van der Waals surface area contributed by atoms with Crippen molar-refractivity contribution in [3.05, 3.63) is 0 Å². The number of ether oxygens (including phenoxy) is 1. The molecule has 1 nitrogen and oxygen atoms in total. The van der Waals surface area contributed by atoms with Gasteiger partial charge in [-0.3, -0.25) is 0 Å². The number of rotatable bonds is 3. The van der Waals surface area contributed by atoms with E-state index in [1.807, 2.05) is 0 Å². The molecule has 0 aromatic carbocycles. The Bertz CT molecular complexity index is 89.3. The van der Waals surface area contributed by atoms with Crippen molar-refractivity contribution in [3.8, 4) is 0 Å². The van der Waals surface area contributed by atoms with E-state index in [9.17, 15) is 0 Å². The van der Waals surface area contributed by atoms with E-state index in [1.165, 1.54) is 6.42 Å². The third-order valence-corrected chi connectivity index (χ3v) is 2.62. The zero-order valence-corrected chi connectivity index (χ0v) is 7.23. The van der Waals surface area contributed by atoms with Crippen molar-refractivity contribution in [2.45, 2.75) is 31.6 Å². The highest BCUT2D eigenvalue weighted by Gasteiger charge is 2.22. The standard InChI is InChI=1S/C8H15ClO/c1-2-3-8(9)7-4-5-10-6-7/h7-8H,2-6H2,1H3. The van der Waals surface area contributed by atoms with E-state index >= 15 is 0 Å². The molecule has 0 N–H and O–H groups in total. The molecule has 10 heavy (non-hydrogen) atoms. The van der Waals surface area contributed by atoms with Gasteiger partial charge >= 0.3 is 0 Å². The first kappa shape index (κ1) is 8.35. The van der Waals surface area contributed by atoms with Gasteiger partial charge in [-0.2, -0.15) is 0 Å². The van der Waals surface area contributed by atoms with Gasteiger partial charge in [-0.25, -0.2) is 0 Å². The fourth-order valence-corrected chi connectivity index (χ4v) is 1.77. The molecule has 1 aliphatic heterocycles. The van der Waals surface area contributed by atoms with Crippen LogP contribution >= 0.6 is 11.6 Å². The molecule has 0 radical (unpaired) electrons. The molecule has 2 heteroatoms. The van der Waals surface area contributed by atoms with Crippen LogP contribution in [0.5, 0.6) is 0 Å². The molecule has 2 unspecified atom stereocenters. The second kappa shape index (κ2) is 4.20. The Morgan fingerprint density at radius 3 is 3.00 bits per heavy atom. The zero-order valence-electron chi connectivity index (χ0n) is 6.48. The second-order valence-corrected chi connectivity index (χ2v) is 3.49. The summed E-state index contributed by atoms with van der Waals surface area (Å²) in [5.41, 5.74) is 0. The summed E-state index contributed by atoms with van der Waals surface area (Å²) < 4.78 is 5.24. The fourth-order valence-electron chi connectivity index (χ4n) is 1.35. The number of alkyl halides is 1. The maximum absolute atomic E-state index is 6.11. The average Bonchev–Trinajstić information content (AvgIpc) is 2.38. The minimum Gasteiger partial charge on any atom is -0.381 e. The predicted molar refractivity (Wildman–Crippen MR) is 43.5 cm³/mol. The molecular weight excluding hydrogens is 148 g/mol. The lowest BCUT2D eigenvalue weighted by atomic mass is 10.0. The molecule has 2 atom stereocenters. The van der Waals surface area contributed by atoms with Gasteiger partial charge in [0.2, 0.25) is 0 Å². The smallest absolute Gasteiger partial charge is 0.0509 e. The molecule has 1 saturated heterocycles. The van der Waals surface area contributed by atoms with Crippen LogP contribution in [0.1, 0.15) is 26.2 Å². The van der Waals surface area contributed by atoms with Gasteiger partial charge in [0.05, 0.1) is 6.61 Å². The first-order valence-corrected chi connectivity index (χ1v) is 4.50. The van der Waals surface area contributed by atoms with E-state index in [1.54, 1.807) is 0 Å². The summed E-state index contributed by atoms with van der Waals surface area (Å²) >= 11 is 6.11. The van der Waals surface area contributed by atoms with Gasteiger partial charge in [0.1, 0.15) is 0 Å². The van der Waals surface area contributed by atoms with Crippen molar-refractivity contribution < 1.29 is 4.74 Å². The molecule has 1 aliphatic rings. The van der Waals surface area contributed by atoms with E-state index < -0.39 is 0 Å². The zero-order chi connectivity index (χ0) is 7.40. The van der Waals surface area contributed by atoms with Gasteiger partial charge in [-0.05, 0) is 12.8 Å². The molecule has 60 valence electrons. The Hall–Kier alpha value is 0.250. The monoisotopic (exact) mass is 162 g/mol. The lowest BCUT2D eigenvalue weighted by Gasteiger charge is -2.13. The van der Waals surface area contributed by atoms with E-state index in [0.29, 0.717) is 11.3 Å². The lowest BCUT2D eigenvalue weighted by Crippen LogP contribution is -2.14. The van der Waals surface area contributed by atoms with Crippen molar-refractivity contribution in [2.75, 3.05) is 13.2 Å². The quantitative estimate of drug-likeness (QED) is 0.580. The number of hydrogen-bond acceptors (Lipinski definition) is 1. The second-order valence-electron chi connectivity index (χ2n) is 2.93. The summed E-state index contributed by atoms with van der Waals surface area (Å²) in [7, 11) is 0. The van der Waals surface area contributed by atoms with Crippen LogP contribution in [0.15, 0.2) is 0 Å². The van der Waals surface area contributed by atoms with Crippen molar-refractivity contribution in [2.24, 2.45) is 5.92 Å². The highest BCUT2D eigenvalue weighted by Crippen LogP contribution is 2.24. The largest absolute Gasteiger partial charge is 0.381 e. The number of halogens is 1. The van der Waals surface area contributed by atoms with E-state index in [4.69, 9.17) is 16.3 Å². The molecule has 0 aliphatic carbocycles. The normalized spacial score (nSPS) is 28.8. The van der Waals surface area contributed by atoms with Crippen LogP contribution in [-0.4, -0.2) is 18.6 Å². The fraction of sp³-hybridized carbons (Fsp3) is 1.00. The molecule has 0 aromatic rings. The van der Waals surface area contributed by atoms with Crippen molar-refractivity contribution in [1.29, 1.82) is 0 Å². The minimum atomic E-state index is 0.354. The SMILES string of the molecule is CCCC(Cl)C1CCOC1. The van der Waals surface area contributed by atoms with Crippen molar-refractivity contribution >= 4 is 11.6 Å². The Morgan fingerprint density at radius 1 is 1.70 bits per heavy atom. The molecular formula is C8H15ClO. The molecule has 0 saturated carbocycles. The van der Waals surface area contributed by atoms with Crippen LogP contribution in [0.3, 0.4) is 0 Å². The molecule has 0 aromatic heterocycles. The van der Waals surface area contributed by atoms with Gasteiger partial charge in [0, 0.05) is 17.9 Å². The molecule has 1 heterocycles. The van der Waals surface area contributed by atoms with Gasteiger partial charge < -0.3 is 4.74 Å². The predicted octanol–water partition coefficient (Wildman–Crippen LogP) is 2.43. The summed E-state index contributed by atoms with van der Waals surface area (Å²) in [5.74, 6) is 0.626. The third kappa shape index (κ3) is 2.14. The van der Waals surface area contributed by atoms with Crippen molar-refractivity contribution in [3.63, 3.8) is 0 Å². The molecule has 0 bridgehead atoms. The van der Waals surface area contributed by atoms with E-state index in [-0.39, 0.29) is 0 Å². The summed E-state index contributed by atoms with van der Waals surface area (Å²) in [4.78, 5) is 0. The van der Waals surface area contributed by atoms with Crippen LogP contribution in [-0.2, 0) is 4.74 Å². The summed E-state index contributed by atoms with van der Waals surface area (Å²) in [6.45, 7) is 3.97. The van der Waals surface area contributed by atoms with Gasteiger partial charge in [0.25, 0.3) is 0 Å². The van der Waals surface area contributed by atoms with Crippen molar-refractivity contribution in [1.82, 2.24) is 0 Å². The lowest BCUT2D eigenvalue weighted by molar-refractivity contribution is 0.184. The van der Waals surface area contributed by atoms with Crippen LogP contribution in [0.25, 0.3) is 0 Å². The van der Waals surface area contributed by atoms with Gasteiger partial charge in [0.15, 0.2) is 0 Å². The molecule has 1 rings (SSSR count). The molecule has 0 spiro atoms. The Balaban J connectivity index is 2.18. The average molecular weight is 163 g/mol. The Labute approximate surface area is 67.7 Å². The van der Waals surface area contributed by atoms with Crippen LogP contribution in [0.4, 0.5) is 0 Å². The summed E-state index contributed by atoms with van der Waals surface area (Å²) in [6, 6.07) is 0. The van der Waals surface area contributed by atoms with Crippen LogP contribution in [0.2, 0.25) is 0 Å². The first-order valence-electron chi connectivity index (χ1n) is 4.06. The summed E-state index contributed by atoms with van der Waals surface area (Å²) in [6.07, 6.45) is 3.48. The number of hydrogen-bond donors (Lipinski definition) is 0. The van der Waals surface area contributed by atoms with Crippen LogP contribution in [0, 0.1) is 5.92 Å². The highest BCUT2D eigenvalue weighted by molar-refractivity contribution is 6.20. The molecule has 1 fully saturated rings. The Kier molecular flexibility index (Phi) is 3.50. The van der Waals surface area contributed by atoms with Crippen LogP contribution < -0.4 is 0 Å². The minimum absolute atomic E-state index is 0.354. The molecule has 0 amide bonds. The first-order chi connectivity index (χ1) is 4.84. The third-order valence-electron chi connectivity index (χ3n) is 2.04. The van der Waals surface area contributed by atoms with E-state index in [2.05, 4.69) is 6.92 Å². The van der Waals surface area contributed by atoms with Gasteiger partial charge in [-0.15, -0.1) is 11.6 Å². The van der Waals surface area contributed by atoms with Gasteiger partial charge in [-0.1, -0.05) is 13.3 Å². The summed E-state index contributed by atoms with van der Waals surface area (Å²) in [5, 5.41) is 0.354. The highest BCUT2D eigenvalue weighted by atomic mass is 35.5. The van der Waals surface area contributed by atoms with E-state index in [0.717, 1.165) is 26.1 Å². The maximum atomic E-state index is 6.11. The topological polar surface area (TPSA) is 9.23 Å². The Morgan fingerprint density at radius 2 is 2.50 bits per heavy atom. The maximum Gasteiger partial charge on any atom is 0.0509 e.